The fourth-order valence-electron chi connectivity index (χ4n) is 2.59. The van der Waals surface area contributed by atoms with E-state index in [0.29, 0.717) is 11.7 Å². The molecule has 0 saturated carbocycles. The zero-order chi connectivity index (χ0) is 13.1. The van der Waals surface area contributed by atoms with Crippen LogP contribution in [-0.2, 0) is 11.3 Å². The monoisotopic (exact) mass is 258 g/mol. The van der Waals surface area contributed by atoms with Gasteiger partial charge in [-0.1, -0.05) is 12.1 Å². The third-order valence-electron chi connectivity index (χ3n) is 3.66. The molecule has 0 amide bonds. The molecule has 2 atom stereocenters. The van der Waals surface area contributed by atoms with Gasteiger partial charge in [0.1, 0.15) is 5.75 Å². The van der Waals surface area contributed by atoms with Gasteiger partial charge in [0, 0.05) is 24.9 Å². The summed E-state index contributed by atoms with van der Waals surface area (Å²) in [5, 5.41) is 9.29. The highest BCUT2D eigenvalue weighted by molar-refractivity contribution is 5.27. The topological polar surface area (TPSA) is 47.3 Å². The van der Waals surface area contributed by atoms with Crippen molar-refractivity contribution in [3.8, 4) is 5.75 Å². The van der Waals surface area contributed by atoms with Crippen LogP contribution in [0.15, 0.2) is 43.0 Å². The lowest BCUT2D eigenvalue weighted by Crippen LogP contribution is -2.24. The Balaban J connectivity index is 1.56. The van der Waals surface area contributed by atoms with Crippen LogP contribution in [-0.4, -0.2) is 21.3 Å². The third-order valence-corrected chi connectivity index (χ3v) is 3.66. The first-order valence-corrected chi connectivity index (χ1v) is 6.67. The summed E-state index contributed by atoms with van der Waals surface area (Å²) >= 11 is 0. The molecule has 1 aromatic heterocycles. The molecule has 1 aromatic carbocycles. The molecule has 0 spiro atoms. The summed E-state index contributed by atoms with van der Waals surface area (Å²) in [5.41, 5.74) is 1.15. The highest BCUT2D eigenvalue weighted by atomic mass is 16.5. The average Bonchev–Trinajstić information content (AvgIpc) is 2.94. The molecule has 0 bridgehead atoms. The lowest BCUT2D eigenvalue weighted by molar-refractivity contribution is -0.0215. The van der Waals surface area contributed by atoms with Crippen LogP contribution in [0.2, 0.25) is 0 Å². The zero-order valence-electron chi connectivity index (χ0n) is 10.8. The van der Waals surface area contributed by atoms with Crippen LogP contribution in [0.5, 0.6) is 5.75 Å². The number of imidazole rings is 1. The van der Waals surface area contributed by atoms with Gasteiger partial charge in [0.15, 0.2) is 0 Å². The largest absolute Gasteiger partial charge is 0.508 e. The smallest absolute Gasteiger partial charge is 0.115 e. The second-order valence-corrected chi connectivity index (χ2v) is 5.12. The van der Waals surface area contributed by atoms with Gasteiger partial charge in [-0.25, -0.2) is 4.98 Å². The average molecular weight is 258 g/mol. The number of hydrogen-bond donors (Lipinski definition) is 1. The minimum Gasteiger partial charge on any atom is -0.508 e. The van der Waals surface area contributed by atoms with E-state index >= 15 is 0 Å². The molecular weight excluding hydrogens is 240 g/mol. The molecule has 1 N–H and O–H groups in total. The Morgan fingerprint density at radius 2 is 2.11 bits per heavy atom. The molecule has 0 aliphatic carbocycles. The van der Waals surface area contributed by atoms with Crippen molar-refractivity contribution in [1.82, 2.24) is 9.55 Å². The normalized spacial score (nSPS) is 23.4. The fourth-order valence-corrected chi connectivity index (χ4v) is 2.59. The minimum atomic E-state index is 0.166. The van der Waals surface area contributed by atoms with Crippen molar-refractivity contribution in [3.63, 3.8) is 0 Å². The highest BCUT2D eigenvalue weighted by Crippen LogP contribution is 2.31. The summed E-state index contributed by atoms with van der Waals surface area (Å²) < 4.78 is 8.06. The molecule has 4 heteroatoms. The van der Waals surface area contributed by atoms with Gasteiger partial charge in [-0.15, -0.1) is 0 Å². The molecule has 3 rings (SSSR count). The lowest BCUT2D eigenvalue weighted by Gasteiger charge is -2.29. The predicted molar refractivity (Wildman–Crippen MR) is 71.8 cm³/mol. The third kappa shape index (κ3) is 2.96. The summed E-state index contributed by atoms with van der Waals surface area (Å²) in [6, 6.07) is 7.32. The highest BCUT2D eigenvalue weighted by Gasteiger charge is 2.23. The van der Waals surface area contributed by atoms with Crippen molar-refractivity contribution in [1.29, 1.82) is 0 Å². The number of rotatable bonds is 3. The fraction of sp³-hybridized carbons (Fsp3) is 0.400. The summed E-state index contributed by atoms with van der Waals surface area (Å²) in [5.74, 6) is 0.861. The first-order chi connectivity index (χ1) is 9.31. The van der Waals surface area contributed by atoms with Crippen LogP contribution >= 0.6 is 0 Å². The second kappa shape index (κ2) is 5.45. The molecule has 2 unspecified atom stereocenters. The molecular formula is C15H18N2O2. The van der Waals surface area contributed by atoms with Gasteiger partial charge in [-0.3, -0.25) is 0 Å². The summed E-state index contributed by atoms with van der Waals surface area (Å²) in [4.78, 5) is 4.06. The van der Waals surface area contributed by atoms with Gasteiger partial charge in [0.25, 0.3) is 0 Å². The number of aromatic nitrogens is 2. The molecule has 1 aliphatic rings. The van der Waals surface area contributed by atoms with Crippen molar-refractivity contribution in [3.05, 3.63) is 48.5 Å². The van der Waals surface area contributed by atoms with E-state index in [9.17, 15) is 5.11 Å². The van der Waals surface area contributed by atoms with E-state index in [1.165, 1.54) is 0 Å². The minimum absolute atomic E-state index is 0.166. The van der Waals surface area contributed by atoms with E-state index in [2.05, 4.69) is 9.55 Å². The first-order valence-electron chi connectivity index (χ1n) is 6.67. The Morgan fingerprint density at radius 1 is 1.26 bits per heavy atom. The van der Waals surface area contributed by atoms with E-state index in [1.807, 2.05) is 30.9 Å². The van der Waals surface area contributed by atoms with Gasteiger partial charge in [-0.2, -0.15) is 0 Å². The Labute approximate surface area is 112 Å². The molecule has 2 heterocycles. The Bertz CT molecular complexity index is 499. The van der Waals surface area contributed by atoms with Crippen LogP contribution in [0.1, 0.15) is 24.5 Å². The molecule has 1 fully saturated rings. The first kappa shape index (κ1) is 12.2. The van der Waals surface area contributed by atoms with Crippen LogP contribution in [0.3, 0.4) is 0 Å². The number of aromatic hydroxyl groups is 1. The Kier molecular flexibility index (Phi) is 3.51. The van der Waals surface area contributed by atoms with Crippen LogP contribution < -0.4 is 0 Å². The maximum atomic E-state index is 9.29. The number of benzene rings is 1. The van der Waals surface area contributed by atoms with E-state index in [4.69, 9.17) is 4.74 Å². The second-order valence-electron chi connectivity index (χ2n) is 5.12. The maximum Gasteiger partial charge on any atom is 0.115 e. The molecule has 1 saturated heterocycles. The molecule has 4 nitrogen and oxygen atoms in total. The Hall–Kier alpha value is -1.81. The predicted octanol–water partition coefficient (Wildman–Crippen LogP) is 2.76. The van der Waals surface area contributed by atoms with Crippen LogP contribution in [0.25, 0.3) is 0 Å². The lowest BCUT2D eigenvalue weighted by atomic mass is 9.94. The van der Waals surface area contributed by atoms with E-state index in [-0.39, 0.29) is 6.10 Å². The molecule has 2 aromatic rings. The van der Waals surface area contributed by atoms with Crippen LogP contribution in [0.4, 0.5) is 0 Å². The van der Waals surface area contributed by atoms with Crippen molar-refractivity contribution in [2.75, 3.05) is 6.61 Å². The number of phenols is 1. The standard InChI is InChI=1S/C15H18N2O2/c18-14-4-2-13(3-5-14)15-6-1-12(10-19-15)9-17-8-7-16-11-17/h2-5,7-8,11-12,15,18H,1,6,9-10H2. The molecule has 19 heavy (non-hydrogen) atoms. The van der Waals surface area contributed by atoms with Crippen molar-refractivity contribution >= 4 is 0 Å². The Morgan fingerprint density at radius 3 is 2.74 bits per heavy atom. The van der Waals surface area contributed by atoms with Crippen molar-refractivity contribution < 1.29 is 9.84 Å². The SMILES string of the molecule is Oc1ccc(C2CCC(Cn3ccnc3)CO2)cc1. The number of nitrogens with zero attached hydrogens (tertiary/aromatic N) is 2. The van der Waals surface area contributed by atoms with Gasteiger partial charge < -0.3 is 14.4 Å². The van der Waals surface area contributed by atoms with Gasteiger partial charge in [-0.05, 0) is 30.5 Å². The van der Waals surface area contributed by atoms with Crippen molar-refractivity contribution in [2.45, 2.75) is 25.5 Å². The quantitative estimate of drug-likeness (QED) is 0.920. The van der Waals surface area contributed by atoms with E-state index < -0.39 is 0 Å². The van der Waals surface area contributed by atoms with E-state index in [1.54, 1.807) is 12.1 Å². The summed E-state index contributed by atoms with van der Waals surface area (Å²) in [6.07, 6.45) is 8.01. The van der Waals surface area contributed by atoms with Crippen molar-refractivity contribution in [2.24, 2.45) is 5.92 Å². The van der Waals surface area contributed by atoms with Crippen LogP contribution in [0, 0.1) is 5.92 Å². The van der Waals surface area contributed by atoms with Gasteiger partial charge in [0.2, 0.25) is 0 Å². The number of ether oxygens (including phenoxy) is 1. The number of phenolic OH excluding ortho intramolecular Hbond substituents is 1. The number of hydrogen-bond acceptors (Lipinski definition) is 3. The summed E-state index contributed by atoms with van der Waals surface area (Å²) in [6.45, 7) is 1.76. The van der Waals surface area contributed by atoms with Gasteiger partial charge >= 0.3 is 0 Å². The summed E-state index contributed by atoms with van der Waals surface area (Å²) in [7, 11) is 0. The molecule has 0 radical (unpaired) electrons. The van der Waals surface area contributed by atoms with E-state index in [0.717, 1.165) is 31.6 Å². The maximum absolute atomic E-state index is 9.29. The van der Waals surface area contributed by atoms with Gasteiger partial charge in [0.05, 0.1) is 19.0 Å². The molecule has 1 aliphatic heterocycles. The zero-order valence-corrected chi connectivity index (χ0v) is 10.8. The molecule has 100 valence electrons.